The first-order valence-electron chi connectivity index (χ1n) is 9.13. The van der Waals surface area contributed by atoms with Gasteiger partial charge in [0, 0.05) is 10.7 Å². The minimum absolute atomic E-state index is 0.463. The molecule has 0 N–H and O–H groups in total. The van der Waals surface area contributed by atoms with Gasteiger partial charge in [0.05, 0.1) is 28.4 Å². The van der Waals surface area contributed by atoms with E-state index in [1.54, 1.807) is 28.4 Å². The van der Waals surface area contributed by atoms with Gasteiger partial charge in [-0.1, -0.05) is 44.0 Å². The van der Waals surface area contributed by atoms with Crippen molar-refractivity contribution < 1.29 is 18.9 Å². The van der Waals surface area contributed by atoms with Crippen LogP contribution in [0.25, 0.3) is 0 Å². The molecule has 154 valence electrons. The highest BCUT2D eigenvalue weighted by Gasteiger charge is 2.22. The van der Waals surface area contributed by atoms with Gasteiger partial charge in [-0.15, -0.1) is 0 Å². The Balaban J connectivity index is 2.17. The van der Waals surface area contributed by atoms with Crippen LogP contribution in [0.4, 0.5) is 0 Å². The number of hydrogen-bond donors (Lipinski definition) is 0. The van der Waals surface area contributed by atoms with Crippen molar-refractivity contribution in [1.29, 1.82) is 0 Å². The van der Waals surface area contributed by atoms with E-state index >= 15 is 0 Å². The number of ether oxygens (including phenoxy) is 4. The summed E-state index contributed by atoms with van der Waals surface area (Å²) in [6.07, 6.45) is 1.91. The Bertz CT molecular complexity index is 688. The van der Waals surface area contributed by atoms with Gasteiger partial charge in [-0.25, -0.2) is 0 Å². The second-order valence-electron chi connectivity index (χ2n) is 6.62. The van der Waals surface area contributed by atoms with Crippen LogP contribution < -0.4 is 18.9 Å². The van der Waals surface area contributed by atoms with E-state index in [2.05, 4.69) is 56.1 Å². The molecule has 0 aliphatic heterocycles. The highest BCUT2D eigenvalue weighted by Crippen LogP contribution is 2.33. The molecule has 0 aromatic heterocycles. The zero-order chi connectivity index (χ0) is 20.5. The molecule has 2 atom stereocenters. The number of alkyl halides is 2. The van der Waals surface area contributed by atoms with Crippen LogP contribution in [0.5, 0.6) is 23.0 Å². The Kier molecular flexibility index (Phi) is 9.45. The number of rotatable bonds is 11. The van der Waals surface area contributed by atoms with E-state index < -0.39 is 0 Å². The zero-order valence-electron chi connectivity index (χ0n) is 16.8. The van der Waals surface area contributed by atoms with Gasteiger partial charge in [0.15, 0.2) is 23.0 Å². The van der Waals surface area contributed by atoms with E-state index in [4.69, 9.17) is 18.9 Å². The normalized spacial score (nSPS) is 12.9. The van der Waals surface area contributed by atoms with Crippen LogP contribution in [-0.2, 0) is 12.8 Å². The summed E-state index contributed by atoms with van der Waals surface area (Å²) in [7, 11) is 6.65. The zero-order valence-corrected chi connectivity index (χ0v) is 20.0. The minimum Gasteiger partial charge on any atom is -0.493 e. The molecule has 0 saturated carbocycles. The average molecular weight is 516 g/mol. The van der Waals surface area contributed by atoms with Crippen LogP contribution in [-0.4, -0.2) is 39.1 Å². The van der Waals surface area contributed by atoms with Crippen molar-refractivity contribution in [1.82, 2.24) is 0 Å². The Morgan fingerprint density at radius 1 is 0.607 bits per heavy atom. The predicted octanol–water partition coefficient (Wildman–Crippen LogP) is 5.53. The van der Waals surface area contributed by atoms with Gasteiger partial charge >= 0.3 is 0 Å². The molecule has 0 aliphatic rings. The summed E-state index contributed by atoms with van der Waals surface area (Å²) in [5.41, 5.74) is 2.47. The fraction of sp³-hybridized carbons (Fsp3) is 0.455. The molecule has 0 fully saturated rings. The van der Waals surface area contributed by atoms with E-state index in [0.29, 0.717) is 11.8 Å². The van der Waals surface area contributed by atoms with E-state index in [1.165, 1.54) is 11.1 Å². The summed E-state index contributed by atoms with van der Waals surface area (Å²) in [4.78, 5) is 0. The summed E-state index contributed by atoms with van der Waals surface area (Å²) in [5.74, 6) is 3.97. The number of hydrogen-bond acceptors (Lipinski definition) is 4. The third kappa shape index (κ3) is 5.80. The number of halogens is 2. The highest BCUT2D eigenvalue weighted by atomic mass is 79.9. The standard InChI is InChI=1S/C22H28Br2O4/c1-25-19-7-5-15(11-21(19)27-3)9-17(13-23)18(14-24)10-16-6-8-20(26-2)22(12-16)28-4/h5-8,11-12,17-18H,9-10,13-14H2,1-4H3/t17-,18+. The van der Waals surface area contributed by atoms with Gasteiger partial charge in [-0.3, -0.25) is 0 Å². The molecular weight excluding hydrogens is 488 g/mol. The minimum atomic E-state index is 0.463. The van der Waals surface area contributed by atoms with Crippen molar-refractivity contribution in [3.8, 4) is 23.0 Å². The average Bonchev–Trinajstić information content (AvgIpc) is 2.75. The van der Waals surface area contributed by atoms with Gasteiger partial charge < -0.3 is 18.9 Å². The molecule has 2 aromatic carbocycles. The molecule has 0 aliphatic carbocycles. The second kappa shape index (κ2) is 11.6. The molecule has 0 bridgehead atoms. The third-order valence-electron chi connectivity index (χ3n) is 4.95. The first-order chi connectivity index (χ1) is 13.6. The van der Waals surface area contributed by atoms with Crippen molar-refractivity contribution in [3.63, 3.8) is 0 Å². The second-order valence-corrected chi connectivity index (χ2v) is 7.91. The molecule has 28 heavy (non-hydrogen) atoms. The maximum absolute atomic E-state index is 5.45. The maximum Gasteiger partial charge on any atom is 0.160 e. The predicted molar refractivity (Wildman–Crippen MR) is 121 cm³/mol. The van der Waals surface area contributed by atoms with Crippen LogP contribution in [0.1, 0.15) is 11.1 Å². The molecule has 6 heteroatoms. The Hall–Kier alpha value is -1.40. The van der Waals surface area contributed by atoms with Gasteiger partial charge in [-0.2, -0.15) is 0 Å². The lowest BCUT2D eigenvalue weighted by Gasteiger charge is -2.25. The fourth-order valence-electron chi connectivity index (χ4n) is 3.32. The van der Waals surface area contributed by atoms with Crippen molar-refractivity contribution in [2.75, 3.05) is 39.1 Å². The lowest BCUT2D eigenvalue weighted by atomic mass is 9.85. The van der Waals surface area contributed by atoms with Crippen LogP contribution in [0.15, 0.2) is 36.4 Å². The summed E-state index contributed by atoms with van der Waals surface area (Å²) in [6.45, 7) is 0. The summed E-state index contributed by atoms with van der Waals surface area (Å²) in [5, 5.41) is 1.84. The molecule has 0 heterocycles. The van der Waals surface area contributed by atoms with Gasteiger partial charge in [0.1, 0.15) is 0 Å². The van der Waals surface area contributed by atoms with Crippen LogP contribution >= 0.6 is 31.9 Å². The van der Waals surface area contributed by atoms with Gasteiger partial charge in [0.2, 0.25) is 0 Å². The molecule has 2 rings (SSSR count). The first-order valence-corrected chi connectivity index (χ1v) is 11.4. The monoisotopic (exact) mass is 514 g/mol. The Morgan fingerprint density at radius 2 is 0.964 bits per heavy atom. The maximum atomic E-state index is 5.45. The third-order valence-corrected chi connectivity index (χ3v) is 6.62. The van der Waals surface area contributed by atoms with Crippen LogP contribution in [0.3, 0.4) is 0 Å². The van der Waals surface area contributed by atoms with Crippen molar-refractivity contribution in [3.05, 3.63) is 47.5 Å². The molecule has 2 aromatic rings. The molecule has 0 saturated heterocycles. The number of benzene rings is 2. The van der Waals surface area contributed by atoms with Crippen molar-refractivity contribution in [2.24, 2.45) is 11.8 Å². The summed E-state index contributed by atoms with van der Waals surface area (Å²) >= 11 is 7.44. The smallest absolute Gasteiger partial charge is 0.160 e. The molecule has 0 radical (unpaired) electrons. The molecular formula is C22H28Br2O4. The van der Waals surface area contributed by atoms with Gasteiger partial charge in [0.25, 0.3) is 0 Å². The van der Waals surface area contributed by atoms with E-state index in [0.717, 1.165) is 46.5 Å². The Morgan fingerprint density at radius 3 is 1.25 bits per heavy atom. The summed E-state index contributed by atoms with van der Waals surface area (Å²) < 4.78 is 21.6. The molecule has 0 unspecified atom stereocenters. The van der Waals surface area contributed by atoms with E-state index in [9.17, 15) is 0 Å². The van der Waals surface area contributed by atoms with E-state index in [1.807, 2.05) is 12.1 Å². The largest absolute Gasteiger partial charge is 0.493 e. The van der Waals surface area contributed by atoms with Crippen molar-refractivity contribution >= 4 is 31.9 Å². The SMILES string of the molecule is COc1ccc(C[C@@H](CBr)[C@@H](CBr)Cc2ccc(OC)c(OC)c2)cc1OC. The quantitative estimate of drug-likeness (QED) is 0.369. The Labute approximate surface area is 184 Å². The van der Waals surface area contributed by atoms with E-state index in [-0.39, 0.29) is 0 Å². The van der Waals surface area contributed by atoms with Gasteiger partial charge in [-0.05, 0) is 60.1 Å². The molecule has 4 nitrogen and oxygen atoms in total. The first kappa shape index (κ1) is 22.9. The van der Waals surface area contributed by atoms with Crippen LogP contribution in [0, 0.1) is 11.8 Å². The number of methoxy groups -OCH3 is 4. The van der Waals surface area contributed by atoms with Crippen molar-refractivity contribution in [2.45, 2.75) is 12.8 Å². The summed E-state index contributed by atoms with van der Waals surface area (Å²) in [6, 6.07) is 12.3. The molecule has 0 spiro atoms. The van der Waals surface area contributed by atoms with Crippen LogP contribution in [0.2, 0.25) is 0 Å². The lowest BCUT2D eigenvalue weighted by molar-refractivity contribution is 0.352. The lowest BCUT2D eigenvalue weighted by Crippen LogP contribution is -2.22. The fourth-order valence-corrected chi connectivity index (χ4v) is 4.83. The topological polar surface area (TPSA) is 36.9 Å². The molecule has 0 amide bonds. The highest BCUT2D eigenvalue weighted by molar-refractivity contribution is 9.09.